The van der Waals surface area contributed by atoms with Gasteiger partial charge in [0.1, 0.15) is 12.4 Å². The largest absolute Gasteiger partial charge is 0.460 e. The minimum absolute atomic E-state index is 0.0616. The molecule has 8 heteroatoms. The topological polar surface area (TPSA) is 50.4 Å². The molecule has 4 nitrogen and oxygen atoms in total. The van der Waals surface area contributed by atoms with Crippen molar-refractivity contribution in [3.05, 3.63) is 35.1 Å². The normalized spacial score (nSPS) is 26.9. The summed E-state index contributed by atoms with van der Waals surface area (Å²) in [5, 5.41) is 0. The van der Waals surface area contributed by atoms with Crippen LogP contribution in [0.1, 0.15) is 36.8 Å². The second kappa shape index (κ2) is 6.33. The molecule has 0 bridgehead atoms. The number of rotatable bonds is 3. The fraction of sp³-hybridized carbons (Fsp3) is 0.562. The van der Waals surface area contributed by atoms with Crippen molar-refractivity contribution in [1.29, 1.82) is 0 Å². The van der Waals surface area contributed by atoms with Crippen LogP contribution >= 0.6 is 0 Å². The van der Waals surface area contributed by atoms with E-state index in [0.717, 1.165) is 31.5 Å². The molecule has 1 saturated heterocycles. The second-order valence-corrected chi connectivity index (χ2v) is 6.44. The highest BCUT2D eigenvalue weighted by molar-refractivity contribution is 5.72. The smallest absolute Gasteiger partial charge is 0.416 e. The number of hydrazine groups is 1. The molecule has 1 heterocycles. The number of alkyl halides is 3. The summed E-state index contributed by atoms with van der Waals surface area (Å²) >= 11 is 0. The summed E-state index contributed by atoms with van der Waals surface area (Å²) in [5.74, 6) is -1.68. The Morgan fingerprint density at radius 1 is 1.29 bits per heavy atom. The van der Waals surface area contributed by atoms with E-state index in [1.807, 2.05) is 0 Å². The lowest BCUT2D eigenvalue weighted by Gasteiger charge is -2.47. The van der Waals surface area contributed by atoms with Crippen LogP contribution in [0.15, 0.2) is 18.2 Å². The van der Waals surface area contributed by atoms with E-state index < -0.39 is 23.5 Å². The Morgan fingerprint density at radius 3 is 2.46 bits per heavy atom. The van der Waals surface area contributed by atoms with E-state index in [0.29, 0.717) is 18.9 Å². The molecular formula is C16H18F4N2O2. The number of carbonyl (C=O) groups excluding carboxylic acids is 1. The van der Waals surface area contributed by atoms with Crippen LogP contribution in [0.2, 0.25) is 0 Å². The fourth-order valence-electron chi connectivity index (χ4n) is 3.15. The SMILES string of the molecule is O=C(OCc1ccc(C(F)(F)F)cc1F)C1CCC2(CC1)CNN2. The van der Waals surface area contributed by atoms with Gasteiger partial charge in [-0.2, -0.15) is 13.2 Å². The predicted molar refractivity (Wildman–Crippen MR) is 77.0 cm³/mol. The van der Waals surface area contributed by atoms with Crippen molar-refractivity contribution in [2.75, 3.05) is 6.54 Å². The summed E-state index contributed by atoms with van der Waals surface area (Å²) in [6.45, 7) is 0.524. The van der Waals surface area contributed by atoms with Crippen LogP contribution in [0, 0.1) is 11.7 Å². The highest BCUT2D eigenvalue weighted by Gasteiger charge is 2.42. The van der Waals surface area contributed by atoms with E-state index in [4.69, 9.17) is 4.74 Å². The van der Waals surface area contributed by atoms with Gasteiger partial charge in [0.25, 0.3) is 0 Å². The Hall–Kier alpha value is -1.67. The summed E-state index contributed by atoms with van der Waals surface area (Å²) in [7, 11) is 0. The zero-order valence-electron chi connectivity index (χ0n) is 12.9. The van der Waals surface area contributed by atoms with Gasteiger partial charge in [-0.15, -0.1) is 0 Å². The molecule has 1 spiro atoms. The molecule has 2 N–H and O–H groups in total. The molecule has 0 amide bonds. The van der Waals surface area contributed by atoms with Gasteiger partial charge in [-0.1, -0.05) is 6.07 Å². The Kier molecular flexibility index (Phi) is 4.52. The summed E-state index contributed by atoms with van der Waals surface area (Å²) in [5.41, 5.74) is 5.11. The maximum atomic E-state index is 13.7. The molecule has 2 fully saturated rings. The van der Waals surface area contributed by atoms with Gasteiger partial charge in [-0.3, -0.25) is 15.6 Å². The van der Waals surface area contributed by atoms with E-state index in [2.05, 4.69) is 10.9 Å². The maximum Gasteiger partial charge on any atom is 0.416 e. The maximum absolute atomic E-state index is 13.7. The average Bonchev–Trinajstić information content (AvgIpc) is 2.51. The molecule has 24 heavy (non-hydrogen) atoms. The molecule has 1 aromatic carbocycles. The predicted octanol–water partition coefficient (Wildman–Crippen LogP) is 2.92. The molecule has 0 radical (unpaired) electrons. The van der Waals surface area contributed by atoms with Crippen LogP contribution in [-0.2, 0) is 22.3 Å². The van der Waals surface area contributed by atoms with Gasteiger partial charge in [0.2, 0.25) is 0 Å². The summed E-state index contributed by atoms with van der Waals surface area (Å²) in [6.07, 6.45) is -1.52. The Balaban J connectivity index is 1.53. The number of hydrogen-bond acceptors (Lipinski definition) is 4. The minimum atomic E-state index is -4.60. The lowest BCUT2D eigenvalue weighted by Crippen LogP contribution is -2.70. The zero-order chi connectivity index (χ0) is 17.4. The lowest BCUT2D eigenvalue weighted by atomic mass is 9.75. The van der Waals surface area contributed by atoms with E-state index in [1.54, 1.807) is 0 Å². The number of esters is 1. The zero-order valence-corrected chi connectivity index (χ0v) is 12.9. The molecule has 132 valence electrons. The second-order valence-electron chi connectivity index (χ2n) is 6.44. The first-order chi connectivity index (χ1) is 11.3. The van der Waals surface area contributed by atoms with Gasteiger partial charge < -0.3 is 4.74 Å². The number of carbonyl (C=O) groups is 1. The average molecular weight is 346 g/mol. The Labute approximate surface area is 136 Å². The quantitative estimate of drug-likeness (QED) is 0.653. The van der Waals surface area contributed by atoms with Crippen molar-refractivity contribution in [3.63, 3.8) is 0 Å². The van der Waals surface area contributed by atoms with Crippen molar-refractivity contribution in [1.82, 2.24) is 10.9 Å². The molecule has 0 unspecified atom stereocenters. The third-order valence-electron chi connectivity index (χ3n) is 4.81. The molecule has 0 aromatic heterocycles. The van der Waals surface area contributed by atoms with Crippen LogP contribution in [0.3, 0.4) is 0 Å². The summed E-state index contributed by atoms with van der Waals surface area (Å²) in [6, 6.07) is 2.21. The molecule has 1 aromatic rings. The fourth-order valence-corrected chi connectivity index (χ4v) is 3.15. The number of ether oxygens (including phenoxy) is 1. The molecule has 1 aliphatic heterocycles. The highest BCUT2D eigenvalue weighted by Crippen LogP contribution is 2.35. The van der Waals surface area contributed by atoms with Gasteiger partial charge in [0, 0.05) is 17.6 Å². The molecule has 3 rings (SSSR count). The highest BCUT2D eigenvalue weighted by atomic mass is 19.4. The van der Waals surface area contributed by atoms with Crippen molar-refractivity contribution >= 4 is 5.97 Å². The summed E-state index contributed by atoms with van der Waals surface area (Å²) < 4.78 is 56.3. The van der Waals surface area contributed by atoms with Crippen LogP contribution in [0.5, 0.6) is 0 Å². The van der Waals surface area contributed by atoms with Gasteiger partial charge in [0.15, 0.2) is 0 Å². The first-order valence-electron chi connectivity index (χ1n) is 7.81. The molecular weight excluding hydrogens is 328 g/mol. The standard InChI is InChI=1S/C16H18F4N2O2/c17-13-7-12(16(18,19)20)2-1-11(13)8-24-14(23)10-3-5-15(6-4-10)9-21-22-15/h1-2,7,10,21-22H,3-6,8-9H2. The molecule has 1 aliphatic carbocycles. The monoisotopic (exact) mass is 346 g/mol. The lowest BCUT2D eigenvalue weighted by molar-refractivity contribution is -0.152. The van der Waals surface area contributed by atoms with Crippen molar-refractivity contribution in [3.8, 4) is 0 Å². The van der Waals surface area contributed by atoms with Crippen molar-refractivity contribution in [2.45, 2.75) is 44.0 Å². The van der Waals surface area contributed by atoms with Crippen LogP contribution in [-0.4, -0.2) is 18.1 Å². The van der Waals surface area contributed by atoms with Crippen LogP contribution < -0.4 is 10.9 Å². The van der Waals surface area contributed by atoms with Crippen molar-refractivity contribution < 1.29 is 27.1 Å². The Bertz CT molecular complexity index is 619. The van der Waals surface area contributed by atoms with Gasteiger partial charge in [-0.25, -0.2) is 4.39 Å². The minimum Gasteiger partial charge on any atom is -0.460 e. The van der Waals surface area contributed by atoms with Gasteiger partial charge in [0.05, 0.1) is 11.5 Å². The number of benzene rings is 1. The molecule has 0 atom stereocenters. The van der Waals surface area contributed by atoms with Gasteiger partial charge >= 0.3 is 12.1 Å². The van der Waals surface area contributed by atoms with Crippen molar-refractivity contribution in [2.24, 2.45) is 5.92 Å². The Morgan fingerprint density at radius 2 is 1.96 bits per heavy atom. The first-order valence-corrected chi connectivity index (χ1v) is 7.81. The summed E-state index contributed by atoms with van der Waals surface area (Å²) in [4.78, 5) is 12.1. The van der Waals surface area contributed by atoms with Crippen LogP contribution in [0.25, 0.3) is 0 Å². The van der Waals surface area contributed by atoms with E-state index in [1.165, 1.54) is 0 Å². The number of halogens is 4. The van der Waals surface area contributed by atoms with E-state index >= 15 is 0 Å². The van der Waals surface area contributed by atoms with Crippen LogP contribution in [0.4, 0.5) is 17.6 Å². The molecule has 2 aliphatic rings. The third kappa shape index (κ3) is 3.54. The third-order valence-corrected chi connectivity index (χ3v) is 4.81. The first kappa shape index (κ1) is 17.2. The number of hydrogen-bond donors (Lipinski definition) is 2. The molecule has 1 saturated carbocycles. The number of nitrogens with one attached hydrogen (secondary N) is 2. The van der Waals surface area contributed by atoms with Gasteiger partial charge in [-0.05, 0) is 37.8 Å². The van der Waals surface area contributed by atoms with E-state index in [9.17, 15) is 22.4 Å². The van der Waals surface area contributed by atoms with E-state index in [-0.39, 0.29) is 23.6 Å².